The number of hydrogen-bond acceptors (Lipinski definition) is 12. The number of carbonyl (C=O) groups excluding carboxylic acids is 2. The van der Waals surface area contributed by atoms with Gasteiger partial charge in [0.05, 0.1) is 92.0 Å². The van der Waals surface area contributed by atoms with Gasteiger partial charge in [0.15, 0.2) is 11.6 Å². The molecule has 592 valence electrons. The molecule has 4 aliphatic carbocycles. The molecular formula is C98H92Cl4N4O6S4. The summed E-state index contributed by atoms with van der Waals surface area (Å²) in [7, 11) is 0. The molecule has 18 heteroatoms. The standard InChI is InChI=1S/C98H92Cl4N4O6S4/c1-7-11-15-19-23-27-47-109-65-39-31-61(32-40-65)97(62-33-41-66(42-34-62)110-48-28-24-20-16-12-8-2)87-91(77-53-69(113-95(77)97)51-75-85(83(59-103)105-5)71-55-79(99)81(101)57-73(71)89(75)107)115-94-88-92(116-93(87)94)78-54-70(52-76-86(84(60-104)106-6)72-56-80(100)82(102)58-74(72)90(76)108)114-96(78)98(88,63-35-43-67(44-36-63)111-49-29-25-21-17-13-9-3)64-37-45-68(46-38-64)112-50-30-26-22-18-14-10-4/h31-46,51-58H,7-30,47-50H2,1-4H3/b75-51-,76-52-,85-83-,86-84+. The Morgan fingerprint density at radius 2 is 0.647 bits per heavy atom. The van der Waals surface area contributed by atoms with Crippen molar-refractivity contribution in [3.8, 4) is 56.0 Å². The third-order valence-electron chi connectivity index (χ3n) is 22.8. The molecule has 0 atom stereocenters. The lowest BCUT2D eigenvalue weighted by Gasteiger charge is -2.33. The average Bonchev–Trinajstić information content (AvgIpc) is 1.48. The number of hydrogen-bond donors (Lipinski definition) is 0. The van der Waals surface area contributed by atoms with Gasteiger partial charge in [0.25, 0.3) is 11.4 Å². The van der Waals surface area contributed by atoms with Crippen LogP contribution in [0.15, 0.2) is 156 Å². The maximum Gasteiger partial charge on any atom is 0.270 e. The predicted octanol–water partition coefficient (Wildman–Crippen LogP) is 30.3. The smallest absolute Gasteiger partial charge is 0.270 e. The largest absolute Gasteiger partial charge is 0.494 e. The third kappa shape index (κ3) is 16.4. The van der Waals surface area contributed by atoms with Gasteiger partial charge < -0.3 is 18.9 Å². The van der Waals surface area contributed by atoms with Crippen molar-refractivity contribution >= 4 is 136 Å². The number of nitriles is 2. The van der Waals surface area contributed by atoms with Gasteiger partial charge in [-0.2, -0.15) is 0 Å². The average molecular weight is 1690 g/mol. The Labute approximate surface area is 718 Å². The zero-order valence-electron chi connectivity index (χ0n) is 66.0. The summed E-state index contributed by atoms with van der Waals surface area (Å²) in [6.07, 6.45) is 30.9. The quantitative estimate of drug-likeness (QED) is 0.0162. The van der Waals surface area contributed by atoms with Gasteiger partial charge in [-0.05, 0) is 156 Å². The van der Waals surface area contributed by atoms with Gasteiger partial charge in [0.2, 0.25) is 0 Å². The van der Waals surface area contributed by atoms with Crippen LogP contribution in [-0.4, -0.2) is 38.0 Å². The van der Waals surface area contributed by atoms with Crippen LogP contribution in [-0.2, 0) is 10.8 Å². The second-order valence-corrected chi connectivity index (χ2v) is 36.2. The van der Waals surface area contributed by atoms with Crippen LogP contribution in [0.2, 0.25) is 20.1 Å². The number of ether oxygens (including phenoxy) is 4. The number of thiophene rings is 4. The summed E-state index contributed by atoms with van der Waals surface area (Å²) < 4.78 is 28.6. The molecule has 10 nitrogen and oxygen atoms in total. The lowest BCUT2D eigenvalue weighted by molar-refractivity contribution is 0.103. The summed E-state index contributed by atoms with van der Waals surface area (Å²) in [6, 6.07) is 49.3. The van der Waals surface area contributed by atoms with Gasteiger partial charge >= 0.3 is 0 Å². The Kier molecular flexibility index (Phi) is 27.5. The minimum Gasteiger partial charge on any atom is -0.494 e. The molecule has 6 aromatic carbocycles. The Balaban J connectivity index is 1.02. The number of halogens is 4. The summed E-state index contributed by atoms with van der Waals surface area (Å²) in [4.78, 5) is 43.2. The molecule has 0 unspecified atom stereocenters. The number of allylic oxidation sites excluding steroid dienone is 6. The first-order valence-electron chi connectivity index (χ1n) is 41.1. The van der Waals surface area contributed by atoms with Gasteiger partial charge in [-0.25, -0.2) is 20.2 Å². The number of carbonyl (C=O) groups is 2. The number of fused-ring (bicyclic) bond motifs is 11. The van der Waals surface area contributed by atoms with E-state index in [0.29, 0.717) is 37.6 Å². The van der Waals surface area contributed by atoms with E-state index in [-0.39, 0.29) is 76.5 Å². The molecule has 0 spiro atoms. The molecule has 10 aromatic rings. The molecule has 0 aliphatic heterocycles. The maximum atomic E-state index is 15.1. The molecule has 4 heterocycles. The Bertz CT molecular complexity index is 5150. The van der Waals surface area contributed by atoms with Crippen molar-refractivity contribution in [3.63, 3.8) is 0 Å². The molecular weight excluding hydrogens is 1600 g/mol. The van der Waals surface area contributed by atoms with Crippen LogP contribution in [0.5, 0.6) is 23.0 Å². The molecule has 0 saturated heterocycles. The van der Waals surface area contributed by atoms with E-state index in [1.54, 1.807) is 57.5 Å². The van der Waals surface area contributed by atoms with Crippen LogP contribution in [0.1, 0.15) is 267 Å². The molecule has 0 saturated carbocycles. The van der Waals surface area contributed by atoms with Gasteiger partial charge in [0.1, 0.15) is 23.0 Å². The van der Waals surface area contributed by atoms with Crippen molar-refractivity contribution in [2.45, 2.75) is 193 Å². The summed E-state index contributed by atoms with van der Waals surface area (Å²) in [5, 5.41) is 22.1. The van der Waals surface area contributed by atoms with Crippen LogP contribution in [0.4, 0.5) is 0 Å². The number of nitrogens with zero attached hydrogens (tertiary/aromatic N) is 4. The zero-order chi connectivity index (χ0) is 81.0. The fourth-order valence-electron chi connectivity index (χ4n) is 17.0. The van der Waals surface area contributed by atoms with Crippen molar-refractivity contribution in [3.05, 3.63) is 274 Å². The van der Waals surface area contributed by atoms with Gasteiger partial charge in [-0.1, -0.05) is 251 Å². The van der Waals surface area contributed by atoms with E-state index in [1.807, 2.05) is 12.2 Å². The minimum absolute atomic E-state index is 0.185. The zero-order valence-corrected chi connectivity index (χ0v) is 72.3. The van der Waals surface area contributed by atoms with Gasteiger partial charge in [0, 0.05) is 84.9 Å². The van der Waals surface area contributed by atoms with Crippen LogP contribution < -0.4 is 18.9 Å². The molecule has 0 amide bonds. The molecule has 0 radical (unpaired) electrons. The molecule has 4 aliphatic rings. The lowest BCUT2D eigenvalue weighted by atomic mass is 9.70. The molecule has 4 aromatic heterocycles. The van der Waals surface area contributed by atoms with Crippen LogP contribution in [0, 0.1) is 35.8 Å². The highest BCUT2D eigenvalue weighted by atomic mass is 35.5. The highest BCUT2D eigenvalue weighted by molar-refractivity contribution is 7.32. The SMILES string of the molecule is [C-]#[N+]/C(C#N)=C1\C(=C\c2cc3c(s2)C(c2ccc(OCCCCCCCC)cc2)(c2ccc(OCCCCCCCC)cc2)c2c-3sc3c4c(sc23)-c2cc(/C=C3\C(=O)c5cc(Cl)c(Cl)cc5\C3=C(\C#N)[N+]#[C-])sc2C4(c2ccc(OCCCCCCCC)cc2)c2ccc(OCCCCCCCC)cc2)C(=O)c2cc(Cl)c(Cl)cc21. The summed E-state index contributed by atoms with van der Waals surface area (Å²) >= 11 is 33.4. The van der Waals surface area contributed by atoms with E-state index in [9.17, 15) is 10.5 Å². The number of rotatable bonds is 38. The van der Waals surface area contributed by atoms with Crippen molar-refractivity contribution in [1.29, 1.82) is 10.5 Å². The van der Waals surface area contributed by atoms with Crippen LogP contribution in [0.25, 0.3) is 63.3 Å². The Hall–Kier alpha value is -9.00. The number of unbranched alkanes of at least 4 members (excludes halogenated alkanes) is 20. The minimum atomic E-state index is -1.05. The number of benzene rings is 6. The normalized spacial score (nSPS) is 15.4. The predicted molar refractivity (Wildman–Crippen MR) is 481 cm³/mol. The van der Waals surface area contributed by atoms with Crippen molar-refractivity contribution < 1.29 is 28.5 Å². The van der Waals surface area contributed by atoms with E-state index in [1.165, 1.54) is 89.2 Å². The molecule has 0 fully saturated rings. The van der Waals surface area contributed by atoms with E-state index >= 15 is 9.59 Å². The molecule has 116 heavy (non-hydrogen) atoms. The topological polar surface area (TPSA) is 127 Å². The maximum absolute atomic E-state index is 15.1. The Morgan fingerprint density at radius 1 is 0.379 bits per heavy atom. The fraction of sp³-hybridized carbons (Fsp3) is 0.347. The van der Waals surface area contributed by atoms with Crippen LogP contribution >= 0.6 is 91.8 Å². The monoisotopic (exact) mass is 1690 g/mol. The second kappa shape index (κ2) is 38.2. The first kappa shape index (κ1) is 83.5. The highest BCUT2D eigenvalue weighted by Crippen LogP contribution is 2.71. The van der Waals surface area contributed by atoms with Crippen molar-refractivity contribution in [1.82, 2.24) is 0 Å². The fourth-order valence-corrected chi connectivity index (χ4v) is 23.7. The summed E-state index contributed by atoms with van der Waals surface area (Å²) in [5.41, 5.74) is 7.63. The van der Waals surface area contributed by atoms with E-state index in [2.05, 4.69) is 159 Å². The van der Waals surface area contributed by atoms with Gasteiger partial charge in [-0.15, -0.1) is 45.3 Å². The van der Waals surface area contributed by atoms with E-state index < -0.39 is 10.8 Å². The Morgan fingerprint density at radius 3 is 0.914 bits per heavy atom. The first-order chi connectivity index (χ1) is 56.7. The number of Topliss-reactive ketones (excluding diaryl/α,β-unsaturated/α-hetero) is 2. The highest BCUT2D eigenvalue weighted by Gasteiger charge is 2.56. The molecule has 14 rings (SSSR count). The first-order valence-corrected chi connectivity index (χ1v) is 45.9. The second-order valence-electron chi connectivity index (χ2n) is 30.4. The summed E-state index contributed by atoms with van der Waals surface area (Å²) in [5.74, 6) is 2.31. The van der Waals surface area contributed by atoms with Crippen molar-refractivity contribution in [2.24, 2.45) is 0 Å². The van der Waals surface area contributed by atoms with Crippen molar-refractivity contribution in [2.75, 3.05) is 26.4 Å². The van der Waals surface area contributed by atoms with Crippen LogP contribution in [0.3, 0.4) is 0 Å². The molecule has 0 N–H and O–H groups in total. The van der Waals surface area contributed by atoms with E-state index in [4.69, 9.17) is 78.5 Å². The number of ketones is 2. The molecule has 0 bridgehead atoms. The lowest BCUT2D eigenvalue weighted by Crippen LogP contribution is -2.28. The third-order valence-corrected chi connectivity index (χ3v) is 29.3. The van der Waals surface area contributed by atoms with Gasteiger partial charge in [-0.3, -0.25) is 9.59 Å². The summed E-state index contributed by atoms with van der Waals surface area (Å²) in [6.45, 7) is 27.8. The van der Waals surface area contributed by atoms with E-state index in [0.717, 1.165) is 183 Å².